The van der Waals surface area contributed by atoms with Gasteiger partial charge < -0.3 is 20.6 Å². The molecule has 5 heteroatoms. The van der Waals surface area contributed by atoms with Gasteiger partial charge in [0.1, 0.15) is 6.10 Å². The molecule has 0 aromatic carbocycles. The van der Waals surface area contributed by atoms with Crippen LogP contribution in [0.4, 0.5) is 0 Å². The summed E-state index contributed by atoms with van der Waals surface area (Å²) in [5.41, 5.74) is 0. The molecule has 43 heavy (non-hydrogen) atoms. The summed E-state index contributed by atoms with van der Waals surface area (Å²) in [5, 5.41) is 33.4. The lowest BCUT2D eigenvalue weighted by molar-refractivity contribution is -0.124. The maximum atomic E-state index is 12.3. The number of carbonyl (C=O) groups excluding carboxylic acids is 1. The fraction of sp³-hybridized carbons (Fsp3) is 0.974. The molecule has 0 rings (SSSR count). The van der Waals surface area contributed by atoms with Crippen molar-refractivity contribution in [3.63, 3.8) is 0 Å². The molecule has 258 valence electrons. The van der Waals surface area contributed by atoms with Crippen LogP contribution in [0.1, 0.15) is 213 Å². The molecule has 0 saturated carbocycles. The molecule has 1 amide bonds. The molecule has 0 radical (unpaired) electrons. The van der Waals surface area contributed by atoms with Crippen LogP contribution in [-0.4, -0.2) is 46.1 Å². The second kappa shape index (κ2) is 34.2. The van der Waals surface area contributed by atoms with Crippen LogP contribution in [0.3, 0.4) is 0 Å². The Bertz CT molecular complexity index is 558. The Morgan fingerprint density at radius 3 is 1.12 bits per heavy atom. The molecule has 5 nitrogen and oxygen atoms in total. The van der Waals surface area contributed by atoms with Crippen molar-refractivity contribution in [1.82, 2.24) is 5.32 Å². The minimum atomic E-state index is -1.13. The molecular formula is C38H77NO4. The van der Waals surface area contributed by atoms with E-state index in [1.807, 2.05) is 0 Å². The van der Waals surface area contributed by atoms with E-state index in [2.05, 4.69) is 19.2 Å². The van der Waals surface area contributed by atoms with Crippen LogP contribution in [-0.2, 0) is 4.79 Å². The fourth-order valence-electron chi connectivity index (χ4n) is 6.16. The van der Waals surface area contributed by atoms with E-state index in [0.717, 1.165) is 32.1 Å². The smallest absolute Gasteiger partial charge is 0.220 e. The monoisotopic (exact) mass is 612 g/mol. The van der Waals surface area contributed by atoms with E-state index in [-0.39, 0.29) is 12.5 Å². The first kappa shape index (κ1) is 42.3. The van der Waals surface area contributed by atoms with Crippen LogP contribution in [0.2, 0.25) is 0 Å². The predicted molar refractivity (Wildman–Crippen MR) is 186 cm³/mol. The largest absolute Gasteiger partial charge is 0.394 e. The van der Waals surface area contributed by atoms with Gasteiger partial charge in [-0.25, -0.2) is 0 Å². The minimum Gasteiger partial charge on any atom is -0.394 e. The van der Waals surface area contributed by atoms with Gasteiger partial charge in [-0.2, -0.15) is 0 Å². The summed E-state index contributed by atoms with van der Waals surface area (Å²) in [5.74, 6) is -0.145. The summed E-state index contributed by atoms with van der Waals surface area (Å²) in [6.45, 7) is 4.16. The third-order valence-electron chi connectivity index (χ3n) is 9.21. The maximum Gasteiger partial charge on any atom is 0.220 e. The number of nitrogens with one attached hydrogen (secondary N) is 1. The van der Waals surface area contributed by atoms with Crippen LogP contribution in [0.25, 0.3) is 0 Å². The number of hydrogen-bond donors (Lipinski definition) is 4. The van der Waals surface area contributed by atoms with E-state index in [1.165, 1.54) is 154 Å². The lowest BCUT2D eigenvalue weighted by atomic mass is 9.99. The highest BCUT2D eigenvalue weighted by molar-refractivity contribution is 5.76. The summed E-state index contributed by atoms with van der Waals surface area (Å²) >= 11 is 0. The Morgan fingerprint density at radius 1 is 0.488 bits per heavy atom. The number of rotatable bonds is 35. The lowest BCUT2D eigenvalue weighted by Gasteiger charge is -2.26. The summed E-state index contributed by atoms with van der Waals surface area (Å²) in [7, 11) is 0. The van der Waals surface area contributed by atoms with E-state index in [9.17, 15) is 20.1 Å². The van der Waals surface area contributed by atoms with Crippen molar-refractivity contribution in [3.05, 3.63) is 0 Å². The first-order valence-electron chi connectivity index (χ1n) is 19.3. The van der Waals surface area contributed by atoms with Crippen LogP contribution in [0.5, 0.6) is 0 Å². The number of aliphatic hydroxyl groups excluding tert-OH is 3. The zero-order valence-corrected chi connectivity index (χ0v) is 29.1. The standard InChI is InChI=1S/C38H77NO4/c1-3-5-7-9-11-13-15-16-17-18-19-20-21-22-23-24-26-28-30-32-36(41)38(43)35(34-40)39-37(42)33-31-29-27-25-14-12-10-8-6-4-2/h35-36,38,40-41,43H,3-34H2,1-2H3,(H,39,42). The molecule has 0 aliphatic rings. The van der Waals surface area contributed by atoms with E-state index < -0.39 is 18.2 Å². The summed E-state index contributed by atoms with van der Waals surface area (Å²) in [6, 6.07) is -0.800. The molecule has 0 aromatic rings. The Hall–Kier alpha value is -0.650. The molecule has 3 unspecified atom stereocenters. The van der Waals surface area contributed by atoms with Crippen LogP contribution < -0.4 is 5.32 Å². The van der Waals surface area contributed by atoms with E-state index in [1.54, 1.807) is 0 Å². The topological polar surface area (TPSA) is 89.8 Å². The molecule has 0 spiro atoms. The molecule has 0 fully saturated rings. The van der Waals surface area contributed by atoms with E-state index in [0.29, 0.717) is 12.8 Å². The molecule has 0 aliphatic carbocycles. The van der Waals surface area contributed by atoms with Crippen molar-refractivity contribution in [2.45, 2.75) is 231 Å². The van der Waals surface area contributed by atoms with Gasteiger partial charge in [0.15, 0.2) is 0 Å². The van der Waals surface area contributed by atoms with Gasteiger partial charge >= 0.3 is 0 Å². The zero-order valence-electron chi connectivity index (χ0n) is 29.1. The molecule has 0 aromatic heterocycles. The highest BCUT2D eigenvalue weighted by Crippen LogP contribution is 2.16. The number of hydrogen-bond acceptors (Lipinski definition) is 4. The van der Waals surface area contributed by atoms with Gasteiger partial charge in [0.25, 0.3) is 0 Å². The summed E-state index contributed by atoms with van der Waals surface area (Å²) < 4.78 is 0. The first-order chi connectivity index (χ1) is 21.1. The Balaban J connectivity index is 3.60. The normalized spacial score (nSPS) is 13.7. The van der Waals surface area contributed by atoms with Crippen LogP contribution in [0.15, 0.2) is 0 Å². The Kier molecular flexibility index (Phi) is 33.7. The van der Waals surface area contributed by atoms with Crippen molar-refractivity contribution in [1.29, 1.82) is 0 Å². The molecule has 0 saturated heterocycles. The second-order valence-corrected chi connectivity index (χ2v) is 13.5. The lowest BCUT2D eigenvalue weighted by Crippen LogP contribution is -2.50. The van der Waals surface area contributed by atoms with Gasteiger partial charge in [-0.3, -0.25) is 4.79 Å². The van der Waals surface area contributed by atoms with Gasteiger partial charge in [-0.1, -0.05) is 194 Å². The van der Waals surface area contributed by atoms with Crippen LogP contribution >= 0.6 is 0 Å². The average molecular weight is 612 g/mol. The van der Waals surface area contributed by atoms with Crippen molar-refractivity contribution in [2.24, 2.45) is 0 Å². The van der Waals surface area contributed by atoms with Gasteiger partial charge in [0.2, 0.25) is 5.91 Å². The van der Waals surface area contributed by atoms with Crippen LogP contribution in [0, 0.1) is 0 Å². The maximum absolute atomic E-state index is 12.3. The van der Waals surface area contributed by atoms with Gasteiger partial charge in [0.05, 0.1) is 18.8 Å². The average Bonchev–Trinajstić information content (AvgIpc) is 3.01. The van der Waals surface area contributed by atoms with E-state index >= 15 is 0 Å². The number of carbonyl (C=O) groups is 1. The first-order valence-corrected chi connectivity index (χ1v) is 19.3. The van der Waals surface area contributed by atoms with Gasteiger partial charge in [0, 0.05) is 6.42 Å². The Morgan fingerprint density at radius 2 is 0.791 bits per heavy atom. The quantitative estimate of drug-likeness (QED) is 0.0537. The highest BCUT2D eigenvalue weighted by Gasteiger charge is 2.26. The van der Waals surface area contributed by atoms with Gasteiger partial charge in [-0.15, -0.1) is 0 Å². The molecule has 0 aliphatic heterocycles. The second-order valence-electron chi connectivity index (χ2n) is 13.5. The number of unbranched alkanes of at least 4 members (excludes halogenated alkanes) is 27. The van der Waals surface area contributed by atoms with Gasteiger partial charge in [-0.05, 0) is 12.8 Å². The van der Waals surface area contributed by atoms with Crippen molar-refractivity contribution in [2.75, 3.05) is 6.61 Å². The zero-order chi connectivity index (χ0) is 31.6. The summed E-state index contributed by atoms with van der Waals surface area (Å²) in [4.78, 5) is 12.3. The fourth-order valence-corrected chi connectivity index (χ4v) is 6.16. The molecule has 0 heterocycles. The van der Waals surface area contributed by atoms with Crippen molar-refractivity contribution >= 4 is 5.91 Å². The third-order valence-corrected chi connectivity index (χ3v) is 9.21. The molecular weight excluding hydrogens is 534 g/mol. The predicted octanol–water partition coefficient (Wildman–Crippen LogP) is 10.3. The van der Waals surface area contributed by atoms with E-state index in [4.69, 9.17) is 0 Å². The summed E-state index contributed by atoms with van der Waals surface area (Å²) in [6.07, 6.45) is 36.3. The number of amides is 1. The van der Waals surface area contributed by atoms with Crippen molar-refractivity contribution < 1.29 is 20.1 Å². The Labute approximate surface area is 268 Å². The SMILES string of the molecule is CCCCCCCCCCCCCCCCCCCCCC(O)C(O)C(CO)NC(=O)CCCCCCCCCCCC. The molecule has 3 atom stereocenters. The van der Waals surface area contributed by atoms with Crippen molar-refractivity contribution in [3.8, 4) is 0 Å². The minimum absolute atomic E-state index is 0.145. The third kappa shape index (κ3) is 29.8. The highest BCUT2D eigenvalue weighted by atomic mass is 16.3. The number of aliphatic hydroxyl groups is 3. The molecule has 0 bridgehead atoms. The molecule has 4 N–H and O–H groups in total.